The molecule has 0 saturated carbocycles. The molecule has 1 saturated heterocycles. The standard InChI is InChI=1S/C13H17ClN4O2/c14-10-5-8(15)4-9(13(17)20)11(10)18-3-1-2-7(6-18)12(16)19/h4-5,7H,1-3,6,15H2,(H2,16,19)(H2,17,20). The van der Waals surface area contributed by atoms with Crippen molar-refractivity contribution in [2.24, 2.45) is 17.4 Å². The van der Waals surface area contributed by atoms with Gasteiger partial charge in [-0.05, 0) is 25.0 Å². The molecule has 1 fully saturated rings. The van der Waals surface area contributed by atoms with Crippen molar-refractivity contribution in [3.63, 3.8) is 0 Å². The molecule has 0 radical (unpaired) electrons. The Morgan fingerprint density at radius 3 is 2.60 bits per heavy atom. The molecule has 1 atom stereocenters. The minimum atomic E-state index is -0.601. The van der Waals surface area contributed by atoms with Crippen LogP contribution in [0.3, 0.4) is 0 Å². The maximum atomic E-state index is 11.6. The fourth-order valence-corrected chi connectivity index (χ4v) is 2.89. The molecule has 1 aliphatic rings. The van der Waals surface area contributed by atoms with Crippen LogP contribution in [-0.4, -0.2) is 24.9 Å². The second-order valence-electron chi connectivity index (χ2n) is 4.95. The molecule has 0 bridgehead atoms. The van der Waals surface area contributed by atoms with Crippen molar-refractivity contribution in [1.82, 2.24) is 0 Å². The van der Waals surface area contributed by atoms with Crippen LogP contribution in [0.1, 0.15) is 23.2 Å². The maximum Gasteiger partial charge on any atom is 0.250 e. The zero-order chi connectivity index (χ0) is 14.9. The van der Waals surface area contributed by atoms with Crippen LogP contribution in [0.25, 0.3) is 0 Å². The third kappa shape index (κ3) is 2.80. The van der Waals surface area contributed by atoms with Crippen molar-refractivity contribution < 1.29 is 9.59 Å². The normalized spacial score (nSPS) is 18.9. The molecule has 2 rings (SSSR count). The first kappa shape index (κ1) is 14.5. The van der Waals surface area contributed by atoms with Gasteiger partial charge in [-0.15, -0.1) is 0 Å². The zero-order valence-electron chi connectivity index (χ0n) is 10.9. The van der Waals surface area contributed by atoms with Crippen LogP contribution in [0.2, 0.25) is 5.02 Å². The summed E-state index contributed by atoms with van der Waals surface area (Å²) >= 11 is 6.19. The van der Waals surface area contributed by atoms with Crippen molar-refractivity contribution in [3.8, 4) is 0 Å². The number of carbonyl (C=O) groups excluding carboxylic acids is 2. The Kier molecular flexibility index (Phi) is 4.04. The number of hydrogen-bond donors (Lipinski definition) is 3. The lowest BCUT2D eigenvalue weighted by Gasteiger charge is -2.34. The van der Waals surface area contributed by atoms with Crippen LogP contribution < -0.4 is 22.1 Å². The van der Waals surface area contributed by atoms with Crippen molar-refractivity contribution in [1.29, 1.82) is 0 Å². The molecule has 6 N–H and O–H groups in total. The van der Waals surface area contributed by atoms with Crippen molar-refractivity contribution >= 4 is 34.8 Å². The predicted molar refractivity (Wildman–Crippen MR) is 78.5 cm³/mol. The fraction of sp³-hybridized carbons (Fsp3) is 0.385. The van der Waals surface area contributed by atoms with Crippen LogP contribution in [0.15, 0.2) is 12.1 Å². The maximum absolute atomic E-state index is 11.6. The fourth-order valence-electron chi connectivity index (χ4n) is 2.54. The summed E-state index contributed by atoms with van der Waals surface area (Å²) < 4.78 is 0. The van der Waals surface area contributed by atoms with E-state index in [-0.39, 0.29) is 17.4 Å². The lowest BCUT2D eigenvalue weighted by molar-refractivity contribution is -0.122. The molecule has 0 aliphatic carbocycles. The summed E-state index contributed by atoms with van der Waals surface area (Å²) in [6.07, 6.45) is 1.54. The van der Waals surface area contributed by atoms with E-state index in [9.17, 15) is 9.59 Å². The highest BCUT2D eigenvalue weighted by Crippen LogP contribution is 2.34. The molecule has 1 aromatic rings. The van der Waals surface area contributed by atoms with Crippen LogP contribution in [0.5, 0.6) is 0 Å². The van der Waals surface area contributed by atoms with Crippen molar-refractivity contribution in [2.75, 3.05) is 23.7 Å². The molecule has 20 heavy (non-hydrogen) atoms. The summed E-state index contributed by atoms with van der Waals surface area (Å²) in [5.74, 6) is -1.20. The summed E-state index contributed by atoms with van der Waals surface area (Å²) in [6, 6.07) is 3.06. The SMILES string of the molecule is NC(=O)c1cc(N)cc(Cl)c1N1CCCC(C(N)=O)C1. The van der Waals surface area contributed by atoms with E-state index in [4.69, 9.17) is 28.8 Å². The topological polar surface area (TPSA) is 115 Å². The van der Waals surface area contributed by atoms with Crippen LogP contribution in [0, 0.1) is 5.92 Å². The monoisotopic (exact) mass is 296 g/mol. The van der Waals surface area contributed by atoms with Gasteiger partial charge in [0, 0.05) is 18.8 Å². The Bertz CT molecular complexity index is 562. The van der Waals surface area contributed by atoms with E-state index in [0.717, 1.165) is 12.8 Å². The number of nitrogen functional groups attached to an aromatic ring is 1. The molecule has 1 aliphatic heterocycles. The van der Waals surface area contributed by atoms with Gasteiger partial charge in [0.1, 0.15) is 0 Å². The first-order valence-electron chi connectivity index (χ1n) is 6.33. The minimum Gasteiger partial charge on any atom is -0.399 e. The van der Waals surface area contributed by atoms with Crippen LogP contribution in [-0.2, 0) is 4.79 Å². The van der Waals surface area contributed by atoms with E-state index in [2.05, 4.69) is 0 Å². The zero-order valence-corrected chi connectivity index (χ0v) is 11.7. The van der Waals surface area contributed by atoms with Crippen LogP contribution >= 0.6 is 11.6 Å². The van der Waals surface area contributed by atoms with Crippen molar-refractivity contribution in [3.05, 3.63) is 22.7 Å². The number of piperidine rings is 1. The highest BCUT2D eigenvalue weighted by atomic mass is 35.5. The molecule has 2 amide bonds. The first-order chi connectivity index (χ1) is 9.40. The van der Waals surface area contributed by atoms with E-state index in [1.165, 1.54) is 6.07 Å². The third-order valence-corrected chi connectivity index (χ3v) is 3.78. The molecule has 1 aromatic carbocycles. The molecule has 0 spiro atoms. The Hall–Kier alpha value is -1.95. The Labute approximate surface area is 121 Å². The average molecular weight is 297 g/mol. The highest BCUT2D eigenvalue weighted by Gasteiger charge is 2.27. The molecular formula is C13H17ClN4O2. The number of nitrogens with two attached hydrogens (primary N) is 3. The van der Waals surface area contributed by atoms with Gasteiger partial charge < -0.3 is 22.1 Å². The molecule has 1 heterocycles. The lowest BCUT2D eigenvalue weighted by atomic mass is 9.96. The predicted octanol–water partition coefficient (Wildman–Crippen LogP) is 0.723. The van der Waals surface area contributed by atoms with E-state index in [1.54, 1.807) is 6.07 Å². The third-order valence-electron chi connectivity index (χ3n) is 3.49. The second-order valence-corrected chi connectivity index (χ2v) is 5.36. The van der Waals surface area contributed by atoms with E-state index >= 15 is 0 Å². The molecule has 1 unspecified atom stereocenters. The van der Waals surface area contributed by atoms with Crippen LogP contribution in [0.4, 0.5) is 11.4 Å². The van der Waals surface area contributed by atoms with Crippen molar-refractivity contribution in [2.45, 2.75) is 12.8 Å². The van der Waals surface area contributed by atoms with Gasteiger partial charge in [-0.1, -0.05) is 11.6 Å². The Balaban J connectivity index is 2.41. The van der Waals surface area contributed by atoms with E-state index in [1.807, 2.05) is 4.90 Å². The first-order valence-corrected chi connectivity index (χ1v) is 6.71. The van der Waals surface area contributed by atoms with Gasteiger partial charge in [-0.3, -0.25) is 9.59 Å². The lowest BCUT2D eigenvalue weighted by Crippen LogP contribution is -2.42. The second kappa shape index (κ2) is 5.58. The summed E-state index contributed by atoms with van der Waals surface area (Å²) in [6.45, 7) is 1.12. The molecular weight excluding hydrogens is 280 g/mol. The largest absolute Gasteiger partial charge is 0.399 e. The van der Waals surface area contributed by atoms with E-state index in [0.29, 0.717) is 29.5 Å². The summed E-state index contributed by atoms with van der Waals surface area (Å²) in [5, 5.41) is 0.351. The van der Waals surface area contributed by atoms with Gasteiger partial charge in [0.15, 0.2) is 0 Å². The molecule has 0 aromatic heterocycles. The number of amides is 2. The van der Waals surface area contributed by atoms with Gasteiger partial charge in [-0.25, -0.2) is 0 Å². The number of halogens is 1. The number of benzene rings is 1. The summed E-state index contributed by atoms with van der Waals surface area (Å²) in [4.78, 5) is 24.8. The quantitative estimate of drug-likeness (QED) is 0.713. The molecule has 108 valence electrons. The van der Waals surface area contributed by atoms with Gasteiger partial charge >= 0.3 is 0 Å². The Morgan fingerprint density at radius 2 is 2.00 bits per heavy atom. The number of anilines is 2. The number of rotatable bonds is 3. The highest BCUT2D eigenvalue weighted by molar-refractivity contribution is 6.34. The number of carbonyl (C=O) groups is 2. The van der Waals surface area contributed by atoms with E-state index < -0.39 is 5.91 Å². The summed E-state index contributed by atoms with van der Waals surface area (Å²) in [5.41, 5.74) is 17.6. The number of hydrogen-bond acceptors (Lipinski definition) is 4. The minimum absolute atomic E-state index is 0.252. The number of primary amides is 2. The smallest absolute Gasteiger partial charge is 0.250 e. The summed E-state index contributed by atoms with van der Waals surface area (Å²) in [7, 11) is 0. The van der Waals surface area contributed by atoms with Gasteiger partial charge in [0.05, 0.1) is 22.2 Å². The van der Waals surface area contributed by atoms with Gasteiger partial charge in [0.2, 0.25) is 5.91 Å². The molecule has 6 nitrogen and oxygen atoms in total. The Morgan fingerprint density at radius 1 is 1.30 bits per heavy atom. The average Bonchev–Trinajstić information content (AvgIpc) is 2.37. The van der Waals surface area contributed by atoms with Gasteiger partial charge in [-0.2, -0.15) is 0 Å². The van der Waals surface area contributed by atoms with Gasteiger partial charge in [0.25, 0.3) is 5.91 Å². The number of nitrogens with zero attached hydrogens (tertiary/aromatic N) is 1. The molecule has 7 heteroatoms.